The minimum atomic E-state index is -1.30. The van der Waals surface area contributed by atoms with Gasteiger partial charge in [0.05, 0.1) is 67.3 Å². The van der Waals surface area contributed by atoms with Crippen LogP contribution >= 0.6 is 0 Å². The van der Waals surface area contributed by atoms with Crippen molar-refractivity contribution in [1.29, 1.82) is 0 Å². The van der Waals surface area contributed by atoms with Crippen LogP contribution in [0, 0.1) is 45.3 Å². The van der Waals surface area contributed by atoms with Gasteiger partial charge in [0.25, 0.3) is 0 Å². The molecule has 18 nitrogen and oxygen atoms in total. The molecule has 10 aliphatic rings. The van der Waals surface area contributed by atoms with Gasteiger partial charge in [-0.2, -0.15) is 0 Å². The fraction of sp³-hybridized carbons (Fsp3) is 0.763. The Morgan fingerprint density at radius 1 is 0.597 bits per heavy atom. The first-order chi connectivity index (χ1) is 36.2. The lowest BCUT2D eigenvalue weighted by Crippen LogP contribution is -2.60. The summed E-state index contributed by atoms with van der Waals surface area (Å²) in [5.74, 6) is 1.54. The van der Waals surface area contributed by atoms with Gasteiger partial charge in [0.1, 0.15) is 18.3 Å². The summed E-state index contributed by atoms with van der Waals surface area (Å²) < 4.78 is 33.9. The number of aliphatic hydroxyl groups excluding tert-OH is 4. The van der Waals surface area contributed by atoms with Crippen LogP contribution in [0.25, 0.3) is 10.4 Å². The van der Waals surface area contributed by atoms with Crippen LogP contribution in [0.15, 0.2) is 83.6 Å². The number of rotatable bonds is 7. The zero-order valence-corrected chi connectivity index (χ0v) is 44.5. The molecule has 2 aliphatic heterocycles. The number of hydrogen-bond acceptors (Lipinski definition) is 16. The van der Waals surface area contributed by atoms with Crippen LogP contribution in [0.5, 0.6) is 0 Å². The van der Waals surface area contributed by atoms with E-state index in [2.05, 4.69) is 49.9 Å². The molecular formula is C59H84N4O14. The van der Waals surface area contributed by atoms with Crippen molar-refractivity contribution in [2.45, 2.75) is 222 Å². The van der Waals surface area contributed by atoms with E-state index in [-0.39, 0.29) is 89.4 Å². The van der Waals surface area contributed by atoms with Crippen LogP contribution in [0.4, 0.5) is 0 Å². The van der Waals surface area contributed by atoms with Crippen molar-refractivity contribution in [2.24, 2.45) is 56.2 Å². The summed E-state index contributed by atoms with van der Waals surface area (Å²) in [6.07, 6.45) is 14.9. The van der Waals surface area contributed by atoms with E-state index in [9.17, 15) is 40.2 Å². The normalized spacial score (nSPS) is 47.7. The van der Waals surface area contributed by atoms with Gasteiger partial charge < -0.3 is 64.2 Å². The number of aliphatic hydroxyl groups is 6. The molecule has 6 unspecified atom stereocenters. The molecule has 2 aromatic heterocycles. The molecule has 2 saturated heterocycles. The Bertz CT molecular complexity index is 2690. The fourth-order valence-corrected chi connectivity index (χ4v) is 18.1. The topological polar surface area (TPSA) is 294 Å². The van der Waals surface area contributed by atoms with Crippen molar-refractivity contribution in [3.8, 4) is 0 Å². The second kappa shape index (κ2) is 21.0. The highest BCUT2D eigenvalue weighted by Crippen LogP contribution is 2.72. The predicted octanol–water partition coefficient (Wildman–Crippen LogP) is 7.17. The van der Waals surface area contributed by atoms with Crippen molar-refractivity contribution >= 4 is 0 Å². The summed E-state index contributed by atoms with van der Waals surface area (Å²) in [5.41, 5.74) is 16.5. The number of azide groups is 1. The molecule has 8 aliphatic carbocycles. The molecule has 2 aromatic rings. The maximum atomic E-state index is 12.4. The summed E-state index contributed by atoms with van der Waals surface area (Å²) in [5, 5.41) is 69.6. The van der Waals surface area contributed by atoms with Crippen LogP contribution in [-0.4, -0.2) is 116 Å². The molecule has 424 valence electrons. The lowest BCUT2D eigenvalue weighted by molar-refractivity contribution is -0.259. The molecule has 12 rings (SSSR count). The highest BCUT2D eigenvalue weighted by Gasteiger charge is 2.68. The molecule has 0 bridgehead atoms. The minimum Gasteiger partial charge on any atom is -0.431 e. The Balaban J connectivity index is 0.000000173. The Morgan fingerprint density at radius 2 is 1.05 bits per heavy atom. The summed E-state index contributed by atoms with van der Waals surface area (Å²) in [6, 6.07) is 5.27. The van der Waals surface area contributed by atoms with Crippen LogP contribution in [0.1, 0.15) is 161 Å². The third-order valence-electron chi connectivity index (χ3n) is 22.6. The Labute approximate surface area is 451 Å². The van der Waals surface area contributed by atoms with Gasteiger partial charge in [-0.15, -0.1) is 0 Å². The monoisotopic (exact) mass is 1070 g/mol. The van der Waals surface area contributed by atoms with Gasteiger partial charge in [0, 0.05) is 27.9 Å². The van der Waals surface area contributed by atoms with E-state index in [0.717, 1.165) is 114 Å². The van der Waals surface area contributed by atoms with Gasteiger partial charge in [-0.1, -0.05) is 63.5 Å². The van der Waals surface area contributed by atoms with Gasteiger partial charge in [0.2, 0.25) is 0 Å². The minimum absolute atomic E-state index is 0. The molecule has 77 heavy (non-hydrogen) atoms. The van der Waals surface area contributed by atoms with E-state index >= 15 is 0 Å². The molecule has 0 spiro atoms. The first-order valence-corrected chi connectivity index (χ1v) is 28.3. The summed E-state index contributed by atoms with van der Waals surface area (Å²) >= 11 is 0. The van der Waals surface area contributed by atoms with E-state index < -0.39 is 60.3 Å². The van der Waals surface area contributed by atoms with Crippen molar-refractivity contribution in [3.05, 3.63) is 103 Å². The smallest absolute Gasteiger partial charge is 0.335 e. The zero-order valence-electron chi connectivity index (χ0n) is 44.5. The van der Waals surface area contributed by atoms with E-state index in [1.54, 1.807) is 12.5 Å². The molecule has 8 fully saturated rings. The van der Waals surface area contributed by atoms with Gasteiger partial charge in [-0.3, -0.25) is 0 Å². The van der Waals surface area contributed by atoms with Gasteiger partial charge in [-0.05, 0) is 178 Å². The lowest BCUT2D eigenvalue weighted by Gasteiger charge is -2.62. The van der Waals surface area contributed by atoms with Crippen molar-refractivity contribution < 1.29 is 58.4 Å². The third kappa shape index (κ3) is 9.16. The number of ether oxygens (including phenoxy) is 4. The van der Waals surface area contributed by atoms with E-state index in [4.69, 9.17) is 39.0 Å². The summed E-state index contributed by atoms with van der Waals surface area (Å²) in [4.78, 5) is 25.8. The molecule has 22 atom stereocenters. The average molecular weight is 1070 g/mol. The maximum absolute atomic E-state index is 12.4. The Hall–Kier alpha value is -3.75. The van der Waals surface area contributed by atoms with Crippen LogP contribution in [0.2, 0.25) is 0 Å². The molecule has 8 N–H and O–H groups in total. The molecule has 0 amide bonds. The zero-order chi connectivity index (χ0) is 53.7. The van der Waals surface area contributed by atoms with Crippen LogP contribution in [-0.2, 0) is 18.9 Å². The summed E-state index contributed by atoms with van der Waals surface area (Å²) in [6.45, 7) is 9.34. The summed E-state index contributed by atoms with van der Waals surface area (Å²) in [7, 11) is 0. The number of hydrogen-bond donors (Lipinski definition) is 7. The number of nitrogens with zero attached hydrogens (tertiary/aromatic N) is 3. The van der Waals surface area contributed by atoms with Gasteiger partial charge in [-0.25, -0.2) is 9.59 Å². The largest absolute Gasteiger partial charge is 0.431 e. The highest BCUT2D eigenvalue weighted by molar-refractivity contribution is 5.33. The molecule has 18 heteroatoms. The van der Waals surface area contributed by atoms with Gasteiger partial charge >= 0.3 is 11.3 Å². The number of allylic oxidation sites excluding steroid dienone is 2. The first kappa shape index (κ1) is 56.5. The highest BCUT2D eigenvalue weighted by atomic mass is 16.7. The van der Waals surface area contributed by atoms with E-state index in [1.165, 1.54) is 23.3 Å². The molecule has 4 heterocycles. The van der Waals surface area contributed by atoms with Crippen LogP contribution < -0.4 is 17.0 Å². The molecular weight excluding hydrogens is 989 g/mol. The van der Waals surface area contributed by atoms with Crippen LogP contribution in [0.3, 0.4) is 0 Å². The standard InChI is InChI=1S/C29H39N3O7.C29H41NO7.CH4/c1-27-10-7-18(39-26-25(35)24(34)22(15-38-26)31-32-30)13-17(27)4-5-21-20(27)8-11-28(2)19(9-12-29(21,28)36)16-3-6-23(33)37-14-16;1-27-10-7-18(37-26-25(33)24(32)22(30)15-36-26)13-17(27)4-5-21-20(27)8-11-28(2)19(9-12-29(21,28)34)16-3-6-23(31)35-14-16;/h3,6,13-14,18-22,24-26,34-36H,4-5,7-12,15H2,1-2H3;3,6,13-14,18-22,24-26,32-34H,4-5,7-12,15,30H2,1-2H3;1H4/t2*18-,19+,20?,21?,22-,24-,25-,26?,27-,28+,29-;/m00./s1. The molecule has 0 radical (unpaired) electrons. The Morgan fingerprint density at radius 3 is 1.49 bits per heavy atom. The van der Waals surface area contributed by atoms with Crippen molar-refractivity contribution in [3.63, 3.8) is 0 Å². The predicted molar refractivity (Wildman–Crippen MR) is 283 cm³/mol. The second-order valence-corrected chi connectivity index (χ2v) is 25.7. The molecule has 6 saturated carbocycles. The van der Waals surface area contributed by atoms with E-state index in [0.29, 0.717) is 11.8 Å². The molecule has 0 aromatic carbocycles. The number of nitrogens with two attached hydrogens (primary N) is 1. The number of fused-ring (bicyclic) bond motifs is 10. The van der Waals surface area contributed by atoms with Crippen molar-refractivity contribution in [2.75, 3.05) is 13.2 Å². The quantitative estimate of drug-likeness (QED) is 0.0626. The average Bonchev–Trinajstić information content (AvgIpc) is 4.05. The van der Waals surface area contributed by atoms with Gasteiger partial charge in [0.15, 0.2) is 12.6 Å². The van der Waals surface area contributed by atoms with E-state index in [1.807, 2.05) is 12.1 Å². The third-order valence-corrected chi connectivity index (χ3v) is 22.6. The Kier molecular flexibility index (Phi) is 15.4. The second-order valence-electron chi connectivity index (χ2n) is 25.7. The fourth-order valence-electron chi connectivity index (χ4n) is 18.1. The SMILES string of the molecule is C.C[C@]12CC[C@H](OC3OC[C@H](N)[C@H](O)[C@@H]3O)C=C1CCC1C2CC[C@]2(C)[C@@H](c3ccc(=O)oc3)CC[C@]12O.C[C@]12CC[C@H](OC3OC[C@H](N=[N+]=[N-])[C@H](O)[C@@H]3O)C=C1CCC1C2CC[C@]2(C)[C@@H](c3ccc(=O)oc3)CC[C@]12O. The first-order valence-electron chi connectivity index (χ1n) is 28.3. The maximum Gasteiger partial charge on any atom is 0.335 e. The lowest BCUT2D eigenvalue weighted by atomic mass is 9.45. The van der Waals surface area contributed by atoms with Crippen molar-refractivity contribution in [1.82, 2.24) is 0 Å².